The van der Waals surface area contributed by atoms with Crippen LogP contribution >= 0.6 is 46.3 Å². The lowest BCUT2D eigenvalue weighted by atomic mass is 10.3. The highest BCUT2D eigenvalue weighted by molar-refractivity contribution is 8.00. The highest BCUT2D eigenvalue weighted by atomic mass is 35.5. The molecular formula is C20H21Cl2N3OS2. The molecule has 0 bridgehead atoms. The zero-order valence-electron chi connectivity index (χ0n) is 15.7. The number of halogens is 2. The van der Waals surface area contributed by atoms with E-state index in [9.17, 15) is 4.79 Å². The van der Waals surface area contributed by atoms with Gasteiger partial charge in [0.1, 0.15) is 0 Å². The van der Waals surface area contributed by atoms with Crippen molar-refractivity contribution in [3.8, 4) is 0 Å². The molecule has 4 nitrogen and oxygen atoms in total. The van der Waals surface area contributed by atoms with Gasteiger partial charge in [-0.25, -0.2) is 4.98 Å². The van der Waals surface area contributed by atoms with Crippen LogP contribution < -0.4 is 4.90 Å². The van der Waals surface area contributed by atoms with E-state index in [0.29, 0.717) is 22.3 Å². The first-order valence-corrected chi connectivity index (χ1v) is 11.4. The molecule has 148 valence electrons. The van der Waals surface area contributed by atoms with E-state index in [1.807, 2.05) is 56.6 Å². The molecule has 3 aromatic rings. The molecule has 0 N–H and O–H groups in total. The van der Waals surface area contributed by atoms with Crippen molar-refractivity contribution in [2.75, 3.05) is 37.8 Å². The van der Waals surface area contributed by atoms with E-state index in [-0.39, 0.29) is 5.91 Å². The number of nitrogens with zero attached hydrogens (tertiary/aromatic N) is 3. The lowest BCUT2D eigenvalue weighted by Crippen LogP contribution is -2.34. The van der Waals surface area contributed by atoms with E-state index < -0.39 is 0 Å². The number of hydrogen-bond acceptors (Lipinski definition) is 5. The van der Waals surface area contributed by atoms with Gasteiger partial charge in [0, 0.05) is 21.5 Å². The molecule has 0 fully saturated rings. The van der Waals surface area contributed by atoms with Crippen LogP contribution in [0, 0.1) is 0 Å². The highest BCUT2D eigenvalue weighted by Crippen LogP contribution is 2.31. The molecule has 1 heterocycles. The Morgan fingerprint density at radius 1 is 1.07 bits per heavy atom. The molecule has 3 rings (SSSR count). The van der Waals surface area contributed by atoms with Gasteiger partial charge in [0.25, 0.3) is 0 Å². The number of carbonyl (C=O) groups is 1. The lowest BCUT2D eigenvalue weighted by molar-refractivity contribution is -0.116. The number of carbonyl (C=O) groups excluding carboxylic acids is 1. The third kappa shape index (κ3) is 5.84. The van der Waals surface area contributed by atoms with Crippen molar-refractivity contribution in [3.05, 3.63) is 52.5 Å². The summed E-state index contributed by atoms with van der Waals surface area (Å²) < 4.78 is 0.985. The summed E-state index contributed by atoms with van der Waals surface area (Å²) in [4.78, 5) is 22.6. The number of thioether (sulfide) groups is 1. The summed E-state index contributed by atoms with van der Waals surface area (Å²) in [5.74, 6) is 0.393. The molecule has 0 atom stereocenters. The van der Waals surface area contributed by atoms with Gasteiger partial charge in [-0.15, -0.1) is 11.8 Å². The fourth-order valence-corrected chi connectivity index (χ4v) is 4.81. The van der Waals surface area contributed by atoms with Crippen LogP contribution in [0.2, 0.25) is 10.0 Å². The van der Waals surface area contributed by atoms with Crippen molar-refractivity contribution >= 4 is 67.6 Å². The van der Waals surface area contributed by atoms with Crippen LogP contribution in [0.1, 0.15) is 6.42 Å². The molecular weight excluding hydrogens is 433 g/mol. The zero-order valence-corrected chi connectivity index (χ0v) is 18.8. The van der Waals surface area contributed by atoms with Crippen LogP contribution in [-0.4, -0.2) is 48.7 Å². The van der Waals surface area contributed by atoms with Crippen LogP contribution in [0.3, 0.4) is 0 Å². The summed E-state index contributed by atoms with van der Waals surface area (Å²) in [5, 5.41) is 2.08. The summed E-state index contributed by atoms with van der Waals surface area (Å²) in [6.45, 7) is 1.54. The molecule has 1 aromatic heterocycles. The van der Waals surface area contributed by atoms with Gasteiger partial charge < -0.3 is 4.90 Å². The van der Waals surface area contributed by atoms with Gasteiger partial charge in [0.2, 0.25) is 5.91 Å². The Hall–Kier alpha value is -1.31. The Morgan fingerprint density at radius 2 is 1.79 bits per heavy atom. The zero-order chi connectivity index (χ0) is 20.1. The quantitative estimate of drug-likeness (QED) is 0.411. The predicted molar refractivity (Wildman–Crippen MR) is 122 cm³/mol. The minimum atomic E-state index is 0.0452. The Labute approximate surface area is 183 Å². The van der Waals surface area contributed by atoms with E-state index in [1.54, 1.807) is 4.90 Å². The van der Waals surface area contributed by atoms with Gasteiger partial charge in [-0.3, -0.25) is 9.69 Å². The number of thiazole rings is 1. The summed E-state index contributed by atoms with van der Waals surface area (Å²) in [5.41, 5.74) is 0.861. The van der Waals surface area contributed by atoms with Crippen LogP contribution in [0.4, 0.5) is 5.13 Å². The van der Waals surface area contributed by atoms with Crippen molar-refractivity contribution < 1.29 is 4.79 Å². The minimum Gasteiger partial charge on any atom is -0.309 e. The second kappa shape index (κ2) is 9.94. The van der Waals surface area contributed by atoms with Crippen molar-refractivity contribution in [2.24, 2.45) is 0 Å². The van der Waals surface area contributed by atoms with E-state index in [0.717, 1.165) is 33.2 Å². The van der Waals surface area contributed by atoms with Crippen molar-refractivity contribution in [1.29, 1.82) is 0 Å². The van der Waals surface area contributed by atoms with Crippen LogP contribution in [0.15, 0.2) is 47.4 Å². The molecule has 28 heavy (non-hydrogen) atoms. The first-order valence-electron chi connectivity index (χ1n) is 8.82. The Kier molecular flexibility index (Phi) is 7.60. The second-order valence-electron chi connectivity index (χ2n) is 6.55. The van der Waals surface area contributed by atoms with E-state index >= 15 is 0 Å². The average molecular weight is 454 g/mol. The largest absolute Gasteiger partial charge is 0.309 e. The molecule has 0 aliphatic rings. The average Bonchev–Trinajstić information content (AvgIpc) is 3.07. The van der Waals surface area contributed by atoms with Crippen molar-refractivity contribution in [3.63, 3.8) is 0 Å². The molecule has 0 spiro atoms. The van der Waals surface area contributed by atoms with Crippen molar-refractivity contribution in [1.82, 2.24) is 9.88 Å². The fraction of sp³-hybridized carbons (Fsp3) is 0.300. The van der Waals surface area contributed by atoms with Gasteiger partial charge in [0.05, 0.1) is 16.0 Å². The van der Waals surface area contributed by atoms with Gasteiger partial charge in [-0.1, -0.05) is 34.5 Å². The molecule has 0 saturated heterocycles. The third-order valence-corrected chi connectivity index (χ3v) is 6.56. The standard InChI is InChI=1S/C20H21Cl2N3OS2/c1-24(2)10-3-11-25(19(26)13-27-16-7-4-14(21)5-8-16)20-23-17-9-6-15(22)12-18(17)28-20/h4-9,12H,3,10-11,13H2,1-2H3. The minimum absolute atomic E-state index is 0.0452. The molecule has 2 aromatic carbocycles. The molecule has 0 aliphatic carbocycles. The van der Waals surface area contributed by atoms with E-state index in [1.165, 1.54) is 23.1 Å². The summed E-state index contributed by atoms with van der Waals surface area (Å²) in [7, 11) is 4.06. The SMILES string of the molecule is CN(C)CCCN(C(=O)CSc1ccc(Cl)cc1)c1nc2ccc(Cl)cc2s1. The lowest BCUT2D eigenvalue weighted by Gasteiger charge is -2.21. The van der Waals surface area contributed by atoms with Crippen LogP contribution in [0.25, 0.3) is 10.2 Å². The maximum absolute atomic E-state index is 13.0. The Balaban J connectivity index is 1.76. The van der Waals surface area contributed by atoms with Gasteiger partial charge >= 0.3 is 0 Å². The number of hydrogen-bond donors (Lipinski definition) is 0. The topological polar surface area (TPSA) is 36.4 Å². The first kappa shape index (κ1) is 21.4. The molecule has 0 aliphatic heterocycles. The third-order valence-electron chi connectivity index (χ3n) is 4.03. The van der Waals surface area contributed by atoms with Gasteiger partial charge in [-0.2, -0.15) is 0 Å². The number of fused-ring (bicyclic) bond motifs is 1. The maximum Gasteiger partial charge on any atom is 0.239 e. The summed E-state index contributed by atoms with van der Waals surface area (Å²) in [6.07, 6.45) is 0.876. The smallest absolute Gasteiger partial charge is 0.239 e. The monoisotopic (exact) mass is 453 g/mol. The summed E-state index contributed by atoms with van der Waals surface area (Å²) >= 11 is 15.0. The highest BCUT2D eigenvalue weighted by Gasteiger charge is 2.20. The van der Waals surface area contributed by atoms with Gasteiger partial charge in [0.15, 0.2) is 5.13 Å². The molecule has 0 saturated carbocycles. The van der Waals surface area contributed by atoms with E-state index in [2.05, 4.69) is 9.88 Å². The normalized spacial score (nSPS) is 11.3. The van der Waals surface area contributed by atoms with Crippen molar-refractivity contribution in [2.45, 2.75) is 11.3 Å². The van der Waals surface area contributed by atoms with Crippen LogP contribution in [-0.2, 0) is 4.79 Å². The molecule has 8 heteroatoms. The molecule has 0 radical (unpaired) electrons. The Bertz CT molecular complexity index is 944. The summed E-state index contributed by atoms with van der Waals surface area (Å²) in [6, 6.07) is 13.1. The number of anilines is 1. The van der Waals surface area contributed by atoms with Gasteiger partial charge in [-0.05, 0) is 69.5 Å². The maximum atomic E-state index is 13.0. The second-order valence-corrected chi connectivity index (χ2v) is 9.48. The Morgan fingerprint density at radius 3 is 2.50 bits per heavy atom. The fourth-order valence-electron chi connectivity index (χ4n) is 2.63. The number of amides is 1. The number of benzene rings is 2. The number of aromatic nitrogens is 1. The predicted octanol–water partition coefficient (Wildman–Crippen LogP) is 5.68. The molecule has 0 unspecified atom stereocenters. The van der Waals surface area contributed by atoms with Crippen LogP contribution in [0.5, 0.6) is 0 Å². The van der Waals surface area contributed by atoms with E-state index in [4.69, 9.17) is 23.2 Å². The molecule has 1 amide bonds. The first-order chi connectivity index (χ1) is 13.4. The number of rotatable bonds is 8.